The third-order valence-electron chi connectivity index (χ3n) is 3.96. The standard InChI is InChI=1S/C20H30N2O5/c1-20(2,3)27-19(24)22-12-10-21(11-13-22)18(23)26-15-7-14-25-16-17-8-5-4-6-9-17/h4-6,8-9H,7,10-16H2,1-3H3. The Hall–Kier alpha value is -2.28. The monoisotopic (exact) mass is 378 g/mol. The van der Waals surface area contributed by atoms with E-state index in [4.69, 9.17) is 14.2 Å². The second-order valence-corrected chi connectivity index (χ2v) is 7.46. The van der Waals surface area contributed by atoms with Crippen molar-refractivity contribution in [2.75, 3.05) is 39.4 Å². The average Bonchev–Trinajstić information content (AvgIpc) is 2.64. The average molecular weight is 378 g/mol. The predicted octanol–water partition coefficient (Wildman–Crippen LogP) is 3.28. The van der Waals surface area contributed by atoms with E-state index in [1.54, 1.807) is 9.80 Å². The van der Waals surface area contributed by atoms with E-state index in [9.17, 15) is 9.59 Å². The van der Waals surface area contributed by atoms with Crippen LogP contribution >= 0.6 is 0 Å². The van der Waals surface area contributed by atoms with Crippen molar-refractivity contribution in [3.8, 4) is 0 Å². The van der Waals surface area contributed by atoms with Gasteiger partial charge in [0.1, 0.15) is 5.60 Å². The first kappa shape index (κ1) is 21.0. The summed E-state index contributed by atoms with van der Waals surface area (Å²) in [4.78, 5) is 27.3. The number of rotatable bonds is 6. The SMILES string of the molecule is CC(C)(C)OC(=O)N1CCN(C(=O)OCCCOCc2ccccc2)CC1. The minimum atomic E-state index is -0.518. The van der Waals surface area contributed by atoms with Crippen LogP contribution in [-0.4, -0.2) is 67.0 Å². The molecule has 0 atom stereocenters. The molecule has 150 valence electrons. The summed E-state index contributed by atoms with van der Waals surface area (Å²) in [6, 6.07) is 9.94. The molecule has 1 heterocycles. The Labute approximate surface area is 161 Å². The molecule has 0 spiro atoms. The zero-order valence-corrected chi connectivity index (χ0v) is 16.5. The molecular formula is C20H30N2O5. The summed E-state index contributed by atoms with van der Waals surface area (Å²) in [5, 5.41) is 0. The topological polar surface area (TPSA) is 68.3 Å². The maximum Gasteiger partial charge on any atom is 0.410 e. The van der Waals surface area contributed by atoms with Crippen LogP contribution in [0.1, 0.15) is 32.8 Å². The lowest BCUT2D eigenvalue weighted by atomic mass is 10.2. The number of hydrogen-bond acceptors (Lipinski definition) is 5. The lowest BCUT2D eigenvalue weighted by Gasteiger charge is -2.35. The third-order valence-corrected chi connectivity index (χ3v) is 3.96. The van der Waals surface area contributed by atoms with E-state index in [-0.39, 0.29) is 12.2 Å². The lowest BCUT2D eigenvalue weighted by Crippen LogP contribution is -2.51. The maximum absolute atomic E-state index is 12.1. The Balaban J connectivity index is 1.56. The fraction of sp³-hybridized carbons (Fsp3) is 0.600. The van der Waals surface area contributed by atoms with Crippen molar-refractivity contribution in [2.24, 2.45) is 0 Å². The minimum absolute atomic E-state index is 0.319. The summed E-state index contributed by atoms with van der Waals surface area (Å²) in [6.45, 7) is 8.71. The highest BCUT2D eigenvalue weighted by Gasteiger charge is 2.28. The van der Waals surface area contributed by atoms with Gasteiger partial charge in [0.05, 0.1) is 19.8 Å². The second kappa shape index (κ2) is 10.2. The fourth-order valence-corrected chi connectivity index (χ4v) is 2.57. The van der Waals surface area contributed by atoms with Crippen LogP contribution in [-0.2, 0) is 20.8 Å². The molecule has 0 aliphatic carbocycles. The van der Waals surface area contributed by atoms with Crippen molar-refractivity contribution in [3.63, 3.8) is 0 Å². The van der Waals surface area contributed by atoms with Gasteiger partial charge in [0.2, 0.25) is 0 Å². The first-order chi connectivity index (χ1) is 12.8. The van der Waals surface area contributed by atoms with Gasteiger partial charge in [0.25, 0.3) is 0 Å². The smallest absolute Gasteiger partial charge is 0.410 e. The largest absolute Gasteiger partial charge is 0.449 e. The molecule has 1 saturated heterocycles. The summed E-state index contributed by atoms with van der Waals surface area (Å²) >= 11 is 0. The van der Waals surface area contributed by atoms with Crippen LogP contribution in [0.2, 0.25) is 0 Å². The normalized spacial score (nSPS) is 14.8. The van der Waals surface area contributed by atoms with Gasteiger partial charge in [-0.15, -0.1) is 0 Å². The van der Waals surface area contributed by atoms with Crippen LogP contribution in [0, 0.1) is 0 Å². The summed E-state index contributed by atoms with van der Waals surface area (Å²) in [5.74, 6) is 0. The van der Waals surface area contributed by atoms with Crippen molar-refractivity contribution in [3.05, 3.63) is 35.9 Å². The molecule has 7 nitrogen and oxygen atoms in total. The van der Waals surface area contributed by atoms with Crippen molar-refractivity contribution < 1.29 is 23.8 Å². The van der Waals surface area contributed by atoms with Crippen molar-refractivity contribution in [2.45, 2.75) is 39.4 Å². The van der Waals surface area contributed by atoms with Gasteiger partial charge in [-0.25, -0.2) is 9.59 Å². The van der Waals surface area contributed by atoms with E-state index < -0.39 is 5.60 Å². The van der Waals surface area contributed by atoms with Gasteiger partial charge in [-0.1, -0.05) is 30.3 Å². The Morgan fingerprint density at radius 2 is 1.52 bits per heavy atom. The van der Waals surface area contributed by atoms with Gasteiger partial charge < -0.3 is 24.0 Å². The van der Waals surface area contributed by atoms with E-state index in [0.717, 1.165) is 5.56 Å². The molecule has 2 amide bonds. The molecule has 27 heavy (non-hydrogen) atoms. The fourth-order valence-electron chi connectivity index (χ4n) is 2.57. The van der Waals surface area contributed by atoms with Gasteiger partial charge in [0.15, 0.2) is 0 Å². The Kier molecular flexibility index (Phi) is 7.91. The molecule has 1 aliphatic rings. The Bertz CT molecular complexity index is 592. The molecule has 0 bridgehead atoms. The van der Waals surface area contributed by atoms with Crippen LogP contribution in [0.5, 0.6) is 0 Å². The molecule has 1 aliphatic heterocycles. The zero-order chi connectivity index (χ0) is 19.7. The van der Waals surface area contributed by atoms with Crippen molar-refractivity contribution in [1.29, 1.82) is 0 Å². The molecular weight excluding hydrogens is 348 g/mol. The zero-order valence-electron chi connectivity index (χ0n) is 16.5. The van der Waals surface area contributed by atoms with Crippen molar-refractivity contribution in [1.82, 2.24) is 9.80 Å². The highest BCUT2D eigenvalue weighted by molar-refractivity contribution is 5.70. The van der Waals surface area contributed by atoms with E-state index in [0.29, 0.717) is 52.4 Å². The lowest BCUT2D eigenvalue weighted by molar-refractivity contribution is 0.0122. The van der Waals surface area contributed by atoms with Gasteiger partial charge in [-0.2, -0.15) is 0 Å². The van der Waals surface area contributed by atoms with Crippen molar-refractivity contribution >= 4 is 12.2 Å². The maximum atomic E-state index is 12.1. The van der Waals surface area contributed by atoms with Crippen LogP contribution in [0.15, 0.2) is 30.3 Å². The number of ether oxygens (including phenoxy) is 3. The Morgan fingerprint density at radius 1 is 0.926 bits per heavy atom. The first-order valence-electron chi connectivity index (χ1n) is 9.36. The van der Waals surface area contributed by atoms with Gasteiger partial charge in [-0.3, -0.25) is 0 Å². The number of piperazine rings is 1. The van der Waals surface area contributed by atoms with Gasteiger partial charge >= 0.3 is 12.2 Å². The van der Waals surface area contributed by atoms with E-state index >= 15 is 0 Å². The number of benzene rings is 1. The summed E-state index contributed by atoms with van der Waals surface area (Å²) in [6.07, 6.45) is -0.0378. The molecule has 0 N–H and O–H groups in total. The third kappa shape index (κ3) is 7.86. The van der Waals surface area contributed by atoms with E-state index in [1.165, 1.54) is 0 Å². The van der Waals surface area contributed by atoms with Gasteiger partial charge in [0, 0.05) is 32.6 Å². The summed E-state index contributed by atoms with van der Waals surface area (Å²) < 4.78 is 16.2. The summed E-state index contributed by atoms with van der Waals surface area (Å²) in [7, 11) is 0. The van der Waals surface area contributed by atoms with Crippen LogP contribution in [0.4, 0.5) is 9.59 Å². The second-order valence-electron chi connectivity index (χ2n) is 7.46. The molecule has 0 saturated carbocycles. The van der Waals surface area contributed by atoms with Crippen LogP contribution in [0.3, 0.4) is 0 Å². The van der Waals surface area contributed by atoms with Gasteiger partial charge in [-0.05, 0) is 26.3 Å². The van der Waals surface area contributed by atoms with E-state index in [1.807, 2.05) is 51.1 Å². The van der Waals surface area contributed by atoms with E-state index in [2.05, 4.69) is 0 Å². The summed E-state index contributed by atoms with van der Waals surface area (Å²) in [5.41, 5.74) is 0.604. The van der Waals surface area contributed by atoms with Crippen LogP contribution < -0.4 is 0 Å². The number of carbonyl (C=O) groups excluding carboxylic acids is 2. The molecule has 1 aromatic carbocycles. The highest BCUT2D eigenvalue weighted by atomic mass is 16.6. The molecule has 1 aromatic rings. The minimum Gasteiger partial charge on any atom is -0.449 e. The molecule has 1 fully saturated rings. The first-order valence-corrected chi connectivity index (χ1v) is 9.36. The molecule has 0 radical (unpaired) electrons. The molecule has 0 unspecified atom stereocenters. The number of carbonyl (C=O) groups is 2. The molecule has 0 aromatic heterocycles. The highest BCUT2D eigenvalue weighted by Crippen LogP contribution is 2.12. The number of nitrogens with zero attached hydrogens (tertiary/aromatic N) is 2. The number of hydrogen-bond donors (Lipinski definition) is 0. The predicted molar refractivity (Wildman–Crippen MR) is 101 cm³/mol. The Morgan fingerprint density at radius 3 is 2.11 bits per heavy atom. The molecule has 2 rings (SSSR count). The molecule has 7 heteroatoms. The number of amides is 2. The quantitative estimate of drug-likeness (QED) is 0.711. The van der Waals surface area contributed by atoms with Crippen LogP contribution in [0.25, 0.3) is 0 Å².